The van der Waals surface area contributed by atoms with Crippen LogP contribution in [0, 0.1) is 0 Å². The minimum Gasteiger partial charge on any atom is -0.380 e. The zero-order valence-corrected chi connectivity index (χ0v) is 11.1. The molecule has 2 aromatic rings. The average molecular weight is 268 g/mol. The number of benzene rings is 1. The highest BCUT2D eigenvalue weighted by Crippen LogP contribution is 2.22. The SMILES string of the molecule is COCc1ccccc1NCc1cc(Cl)cs1. The molecule has 0 bridgehead atoms. The van der Waals surface area contributed by atoms with Gasteiger partial charge in [-0.15, -0.1) is 11.3 Å². The van der Waals surface area contributed by atoms with Gasteiger partial charge in [0, 0.05) is 35.2 Å². The zero-order chi connectivity index (χ0) is 12.1. The van der Waals surface area contributed by atoms with Gasteiger partial charge in [-0.1, -0.05) is 29.8 Å². The highest BCUT2D eigenvalue weighted by molar-refractivity contribution is 7.10. The number of rotatable bonds is 5. The first-order valence-electron chi connectivity index (χ1n) is 5.33. The molecule has 0 aliphatic carbocycles. The first-order chi connectivity index (χ1) is 8.29. The summed E-state index contributed by atoms with van der Waals surface area (Å²) in [5, 5.41) is 6.15. The largest absolute Gasteiger partial charge is 0.380 e. The summed E-state index contributed by atoms with van der Waals surface area (Å²) in [5.74, 6) is 0. The van der Waals surface area contributed by atoms with Gasteiger partial charge in [0.1, 0.15) is 0 Å². The number of thiophene rings is 1. The first kappa shape index (κ1) is 12.4. The van der Waals surface area contributed by atoms with Crippen LogP contribution >= 0.6 is 22.9 Å². The van der Waals surface area contributed by atoms with Crippen molar-refractivity contribution in [1.82, 2.24) is 0 Å². The number of ether oxygens (including phenoxy) is 1. The summed E-state index contributed by atoms with van der Waals surface area (Å²) in [6, 6.07) is 10.1. The molecule has 0 saturated carbocycles. The number of hydrogen-bond acceptors (Lipinski definition) is 3. The predicted octanol–water partition coefficient (Wildman–Crippen LogP) is 4.16. The monoisotopic (exact) mass is 267 g/mol. The average Bonchev–Trinajstić information content (AvgIpc) is 2.74. The van der Waals surface area contributed by atoms with Crippen molar-refractivity contribution in [2.75, 3.05) is 12.4 Å². The van der Waals surface area contributed by atoms with Crippen molar-refractivity contribution in [2.45, 2.75) is 13.2 Å². The van der Waals surface area contributed by atoms with Gasteiger partial charge in [0.25, 0.3) is 0 Å². The lowest BCUT2D eigenvalue weighted by molar-refractivity contribution is 0.185. The summed E-state index contributed by atoms with van der Waals surface area (Å²) in [7, 11) is 1.70. The molecule has 2 rings (SSSR count). The van der Waals surface area contributed by atoms with Crippen LogP contribution in [0.25, 0.3) is 0 Å². The quantitative estimate of drug-likeness (QED) is 0.878. The fourth-order valence-corrected chi connectivity index (χ4v) is 2.62. The van der Waals surface area contributed by atoms with Gasteiger partial charge in [-0.05, 0) is 12.1 Å². The van der Waals surface area contributed by atoms with Crippen molar-refractivity contribution in [1.29, 1.82) is 0 Å². The van der Waals surface area contributed by atoms with Gasteiger partial charge in [0.15, 0.2) is 0 Å². The standard InChI is InChI=1S/C13H14ClNOS/c1-16-8-10-4-2-3-5-13(10)15-7-12-6-11(14)9-17-12/h2-6,9,15H,7-8H2,1H3. The molecular weight excluding hydrogens is 254 g/mol. The normalized spacial score (nSPS) is 10.5. The molecule has 0 radical (unpaired) electrons. The number of nitrogens with one attached hydrogen (secondary N) is 1. The van der Waals surface area contributed by atoms with Crippen molar-refractivity contribution in [2.24, 2.45) is 0 Å². The third kappa shape index (κ3) is 3.46. The molecule has 17 heavy (non-hydrogen) atoms. The maximum absolute atomic E-state index is 5.89. The highest BCUT2D eigenvalue weighted by Gasteiger charge is 2.02. The molecule has 1 heterocycles. The molecular formula is C13H14ClNOS. The Kier molecular flexibility index (Phi) is 4.42. The molecule has 2 nitrogen and oxygen atoms in total. The van der Waals surface area contributed by atoms with E-state index < -0.39 is 0 Å². The Balaban J connectivity index is 2.03. The first-order valence-corrected chi connectivity index (χ1v) is 6.59. The summed E-state index contributed by atoms with van der Waals surface area (Å²) in [6.45, 7) is 1.41. The molecule has 1 N–H and O–H groups in total. The minimum absolute atomic E-state index is 0.619. The van der Waals surface area contributed by atoms with Crippen molar-refractivity contribution >= 4 is 28.6 Å². The lowest BCUT2D eigenvalue weighted by atomic mass is 10.2. The van der Waals surface area contributed by atoms with Crippen LogP contribution in [0.5, 0.6) is 0 Å². The smallest absolute Gasteiger partial charge is 0.0733 e. The number of para-hydroxylation sites is 1. The fraction of sp³-hybridized carbons (Fsp3) is 0.231. The topological polar surface area (TPSA) is 21.3 Å². The zero-order valence-electron chi connectivity index (χ0n) is 9.57. The van der Waals surface area contributed by atoms with Gasteiger partial charge < -0.3 is 10.1 Å². The number of methoxy groups -OCH3 is 1. The van der Waals surface area contributed by atoms with E-state index in [1.807, 2.05) is 23.6 Å². The van der Waals surface area contributed by atoms with Gasteiger partial charge in [0.05, 0.1) is 11.6 Å². The molecule has 0 spiro atoms. The van der Waals surface area contributed by atoms with Gasteiger partial charge >= 0.3 is 0 Å². The highest BCUT2D eigenvalue weighted by atomic mass is 35.5. The van der Waals surface area contributed by atoms with E-state index in [1.165, 1.54) is 4.88 Å². The molecule has 0 atom stereocenters. The molecule has 1 aromatic carbocycles. The van der Waals surface area contributed by atoms with Crippen molar-refractivity contribution in [3.05, 3.63) is 51.2 Å². The number of hydrogen-bond donors (Lipinski definition) is 1. The predicted molar refractivity (Wildman–Crippen MR) is 73.8 cm³/mol. The van der Waals surface area contributed by atoms with E-state index >= 15 is 0 Å². The van der Waals surface area contributed by atoms with E-state index in [-0.39, 0.29) is 0 Å². The van der Waals surface area contributed by atoms with Crippen molar-refractivity contribution < 1.29 is 4.74 Å². The van der Waals surface area contributed by atoms with E-state index in [2.05, 4.69) is 17.4 Å². The minimum atomic E-state index is 0.619. The second kappa shape index (κ2) is 6.05. The maximum Gasteiger partial charge on any atom is 0.0733 e. The van der Waals surface area contributed by atoms with Crippen LogP contribution in [0.2, 0.25) is 5.02 Å². The van der Waals surface area contributed by atoms with Gasteiger partial charge in [0.2, 0.25) is 0 Å². The van der Waals surface area contributed by atoms with E-state index in [0.717, 1.165) is 22.8 Å². The summed E-state index contributed by atoms with van der Waals surface area (Å²) >= 11 is 7.55. The third-order valence-electron chi connectivity index (χ3n) is 2.39. The van der Waals surface area contributed by atoms with Crippen LogP contribution in [0.4, 0.5) is 5.69 Å². The van der Waals surface area contributed by atoms with Crippen LogP contribution < -0.4 is 5.32 Å². The van der Waals surface area contributed by atoms with Gasteiger partial charge in [-0.3, -0.25) is 0 Å². The van der Waals surface area contributed by atoms with Crippen LogP contribution in [0.1, 0.15) is 10.4 Å². The number of halogens is 1. The molecule has 0 aliphatic rings. The summed E-state index contributed by atoms with van der Waals surface area (Å²) in [4.78, 5) is 1.22. The second-order valence-corrected chi connectivity index (χ2v) is 5.11. The van der Waals surface area contributed by atoms with Gasteiger partial charge in [-0.25, -0.2) is 0 Å². The summed E-state index contributed by atoms with van der Waals surface area (Å²) in [6.07, 6.45) is 0. The third-order valence-corrected chi connectivity index (χ3v) is 3.68. The summed E-state index contributed by atoms with van der Waals surface area (Å²) in [5.41, 5.74) is 2.27. The Hall–Kier alpha value is -1.03. The Morgan fingerprint density at radius 2 is 2.18 bits per heavy atom. The lowest BCUT2D eigenvalue weighted by Gasteiger charge is -2.10. The van der Waals surface area contributed by atoms with E-state index in [0.29, 0.717) is 6.61 Å². The molecule has 4 heteroatoms. The van der Waals surface area contributed by atoms with E-state index in [9.17, 15) is 0 Å². The maximum atomic E-state index is 5.89. The van der Waals surface area contributed by atoms with E-state index in [4.69, 9.17) is 16.3 Å². The van der Waals surface area contributed by atoms with Crippen LogP contribution in [0.3, 0.4) is 0 Å². The Bertz CT molecular complexity index is 484. The second-order valence-electron chi connectivity index (χ2n) is 3.67. The molecule has 0 fully saturated rings. The summed E-state index contributed by atoms with van der Waals surface area (Å²) < 4.78 is 5.17. The molecule has 0 amide bonds. The Morgan fingerprint density at radius 3 is 2.88 bits per heavy atom. The van der Waals surface area contributed by atoms with Crippen LogP contribution in [0.15, 0.2) is 35.7 Å². The van der Waals surface area contributed by atoms with Crippen LogP contribution in [-0.2, 0) is 17.9 Å². The molecule has 90 valence electrons. The van der Waals surface area contributed by atoms with Gasteiger partial charge in [-0.2, -0.15) is 0 Å². The Morgan fingerprint density at radius 1 is 1.35 bits per heavy atom. The van der Waals surface area contributed by atoms with Crippen LogP contribution in [-0.4, -0.2) is 7.11 Å². The lowest BCUT2D eigenvalue weighted by Crippen LogP contribution is -2.01. The van der Waals surface area contributed by atoms with E-state index in [1.54, 1.807) is 18.4 Å². The Labute approximate surface area is 110 Å². The molecule has 0 saturated heterocycles. The molecule has 0 aliphatic heterocycles. The fourth-order valence-electron chi connectivity index (χ4n) is 1.60. The van der Waals surface area contributed by atoms with Crippen molar-refractivity contribution in [3.63, 3.8) is 0 Å². The molecule has 1 aromatic heterocycles. The number of anilines is 1. The van der Waals surface area contributed by atoms with Crippen molar-refractivity contribution in [3.8, 4) is 0 Å². The molecule has 0 unspecified atom stereocenters.